The van der Waals surface area contributed by atoms with Gasteiger partial charge in [-0.15, -0.1) is 0 Å². The number of ether oxygens (including phenoxy) is 2. The minimum absolute atomic E-state index is 0.231. The number of fused-ring (bicyclic) bond motifs is 3. The van der Waals surface area contributed by atoms with Crippen LogP contribution in [0.3, 0.4) is 0 Å². The Hall–Kier alpha value is -2.53. The van der Waals surface area contributed by atoms with Crippen LogP contribution in [0.4, 0.5) is 0 Å². The van der Waals surface area contributed by atoms with Crippen LogP contribution in [0, 0.1) is 0 Å². The molecule has 0 radical (unpaired) electrons. The van der Waals surface area contributed by atoms with Gasteiger partial charge in [-0.2, -0.15) is 0 Å². The highest BCUT2D eigenvalue weighted by Crippen LogP contribution is 2.51. The number of ketones is 1. The van der Waals surface area contributed by atoms with E-state index in [0.717, 1.165) is 49.1 Å². The minimum Gasteiger partial charge on any atom is -0.508 e. The normalized spacial score (nSPS) is 23.6. The molecule has 0 aliphatic carbocycles. The zero-order valence-corrected chi connectivity index (χ0v) is 18.1. The van der Waals surface area contributed by atoms with Crippen molar-refractivity contribution in [2.75, 3.05) is 20.8 Å². The minimum atomic E-state index is -0.547. The quantitative estimate of drug-likeness (QED) is 0.765. The van der Waals surface area contributed by atoms with Crippen molar-refractivity contribution in [1.29, 1.82) is 0 Å². The van der Waals surface area contributed by atoms with E-state index in [0.29, 0.717) is 24.6 Å². The van der Waals surface area contributed by atoms with E-state index in [1.807, 2.05) is 12.1 Å². The first-order valence-corrected chi connectivity index (χ1v) is 10.9. The van der Waals surface area contributed by atoms with Crippen molar-refractivity contribution in [3.8, 4) is 17.2 Å². The molecule has 2 atom stereocenters. The molecule has 2 aliphatic heterocycles. The average molecular weight is 410 g/mol. The lowest BCUT2D eigenvalue weighted by molar-refractivity contribution is -0.127. The molecule has 30 heavy (non-hydrogen) atoms. The fourth-order valence-electron chi connectivity index (χ4n) is 5.35. The van der Waals surface area contributed by atoms with Crippen LogP contribution in [0.15, 0.2) is 36.4 Å². The first-order chi connectivity index (χ1) is 14.5. The number of phenols is 1. The van der Waals surface area contributed by atoms with Crippen LogP contribution in [0.1, 0.15) is 55.7 Å². The topological polar surface area (TPSA) is 59.0 Å². The zero-order valence-electron chi connectivity index (χ0n) is 18.1. The number of carbonyl (C=O) groups is 1. The van der Waals surface area contributed by atoms with E-state index < -0.39 is 5.54 Å². The average Bonchev–Trinajstić information content (AvgIpc) is 2.76. The van der Waals surface area contributed by atoms with Crippen LogP contribution in [0.5, 0.6) is 17.2 Å². The highest BCUT2D eigenvalue weighted by Gasteiger charge is 2.51. The van der Waals surface area contributed by atoms with Crippen molar-refractivity contribution >= 4 is 5.78 Å². The summed E-state index contributed by atoms with van der Waals surface area (Å²) in [6, 6.07) is 11.9. The van der Waals surface area contributed by atoms with Gasteiger partial charge in [-0.25, -0.2) is 0 Å². The first kappa shape index (κ1) is 20.7. The van der Waals surface area contributed by atoms with E-state index in [2.05, 4.69) is 24.0 Å². The number of nitrogens with zero attached hydrogens (tertiary/aromatic N) is 1. The predicted octanol–water partition coefficient (Wildman–Crippen LogP) is 4.43. The van der Waals surface area contributed by atoms with E-state index in [1.54, 1.807) is 26.4 Å². The van der Waals surface area contributed by atoms with Gasteiger partial charge in [-0.1, -0.05) is 31.9 Å². The number of piperidine rings is 1. The summed E-state index contributed by atoms with van der Waals surface area (Å²) in [7, 11) is 3.31. The fourth-order valence-corrected chi connectivity index (χ4v) is 5.35. The van der Waals surface area contributed by atoms with Crippen molar-refractivity contribution in [3.05, 3.63) is 53.1 Å². The summed E-state index contributed by atoms with van der Waals surface area (Å²) in [6.07, 6.45) is 5.35. The van der Waals surface area contributed by atoms with Gasteiger partial charge in [0.1, 0.15) is 11.5 Å². The molecule has 0 saturated carbocycles. The maximum Gasteiger partial charge on any atom is 0.161 e. The summed E-state index contributed by atoms with van der Waals surface area (Å²) in [5, 5.41) is 9.90. The zero-order chi connectivity index (χ0) is 21.3. The lowest BCUT2D eigenvalue weighted by atomic mass is 9.68. The highest BCUT2D eigenvalue weighted by molar-refractivity contribution is 5.82. The number of aromatic hydroxyl groups is 1. The Labute approximate surface area is 178 Å². The smallest absolute Gasteiger partial charge is 0.161 e. The summed E-state index contributed by atoms with van der Waals surface area (Å²) in [6.45, 7) is 2.97. The first-order valence-electron chi connectivity index (χ1n) is 10.9. The second kappa shape index (κ2) is 8.31. The van der Waals surface area contributed by atoms with Crippen LogP contribution in [-0.4, -0.2) is 42.6 Å². The van der Waals surface area contributed by atoms with Gasteiger partial charge in [0, 0.05) is 25.4 Å². The third-order valence-corrected chi connectivity index (χ3v) is 6.76. The second-order valence-corrected chi connectivity index (χ2v) is 8.43. The maximum absolute atomic E-state index is 12.8. The van der Waals surface area contributed by atoms with Crippen LogP contribution < -0.4 is 9.47 Å². The molecule has 2 unspecified atom stereocenters. The van der Waals surface area contributed by atoms with E-state index >= 15 is 0 Å². The number of benzene rings is 2. The van der Waals surface area contributed by atoms with Crippen molar-refractivity contribution in [2.45, 2.75) is 57.0 Å². The maximum atomic E-state index is 12.8. The Morgan fingerprint density at radius 3 is 2.50 bits per heavy atom. The number of Topliss-reactive ketones (excluding diaryl/α,β-unsaturated/α-hetero) is 1. The van der Waals surface area contributed by atoms with Gasteiger partial charge in [0.2, 0.25) is 0 Å². The number of hydrogen-bond acceptors (Lipinski definition) is 5. The van der Waals surface area contributed by atoms with Crippen molar-refractivity contribution in [2.24, 2.45) is 0 Å². The third kappa shape index (κ3) is 3.35. The van der Waals surface area contributed by atoms with Gasteiger partial charge < -0.3 is 14.6 Å². The molecule has 0 aromatic heterocycles. The fraction of sp³-hybridized carbons (Fsp3) is 0.480. The van der Waals surface area contributed by atoms with Gasteiger partial charge in [0.05, 0.1) is 19.8 Å². The number of phenolic OH excluding ortho intramolecular Hbond substituents is 1. The molecular formula is C25H31NO4. The van der Waals surface area contributed by atoms with Crippen molar-refractivity contribution < 1.29 is 19.4 Å². The SMILES string of the molecule is CCCCC1Cc2cc(OC)c(OC)cc2C2(c3ccc(O)cc3)CC(=O)CCN12. The molecule has 2 aliphatic rings. The standard InChI is InChI=1S/C25H31NO4/c1-4-5-6-19-13-17-14-23(29-2)24(30-3)15-22(17)25(16-21(28)11-12-26(19)25)18-7-9-20(27)10-8-18/h7-10,14-15,19,27H,4-6,11-13,16H2,1-3H3. The lowest BCUT2D eigenvalue weighted by Gasteiger charge is -2.55. The highest BCUT2D eigenvalue weighted by atomic mass is 16.5. The number of unbranched alkanes of at least 4 members (excludes halogenated alkanes) is 1. The van der Waals surface area contributed by atoms with Crippen molar-refractivity contribution in [3.63, 3.8) is 0 Å². The lowest BCUT2D eigenvalue weighted by Crippen LogP contribution is -2.60. The van der Waals surface area contributed by atoms with Gasteiger partial charge in [0.15, 0.2) is 11.5 Å². The molecule has 2 aromatic carbocycles. The monoisotopic (exact) mass is 409 g/mol. The summed E-state index contributed by atoms with van der Waals surface area (Å²) in [5.41, 5.74) is 2.83. The molecule has 160 valence electrons. The molecule has 1 saturated heterocycles. The Kier molecular flexibility index (Phi) is 5.74. The molecule has 1 N–H and O–H groups in total. The number of hydrogen-bond donors (Lipinski definition) is 1. The predicted molar refractivity (Wildman–Crippen MR) is 116 cm³/mol. The molecule has 0 amide bonds. The van der Waals surface area contributed by atoms with Gasteiger partial charge in [-0.3, -0.25) is 9.69 Å². The third-order valence-electron chi connectivity index (χ3n) is 6.76. The second-order valence-electron chi connectivity index (χ2n) is 8.43. The summed E-state index contributed by atoms with van der Waals surface area (Å²) in [4.78, 5) is 15.4. The number of carbonyl (C=O) groups excluding carboxylic acids is 1. The van der Waals surface area contributed by atoms with E-state index in [9.17, 15) is 9.90 Å². The molecule has 5 heteroatoms. The van der Waals surface area contributed by atoms with Crippen LogP contribution >= 0.6 is 0 Å². The van der Waals surface area contributed by atoms with Crippen LogP contribution in [0.2, 0.25) is 0 Å². The van der Waals surface area contributed by atoms with E-state index in [4.69, 9.17) is 9.47 Å². The molecule has 2 aromatic rings. The summed E-state index contributed by atoms with van der Waals surface area (Å²) >= 11 is 0. The van der Waals surface area contributed by atoms with Crippen LogP contribution in [-0.2, 0) is 16.8 Å². The van der Waals surface area contributed by atoms with E-state index in [-0.39, 0.29) is 11.5 Å². The molecule has 5 nitrogen and oxygen atoms in total. The Morgan fingerprint density at radius 1 is 1.13 bits per heavy atom. The van der Waals surface area contributed by atoms with Gasteiger partial charge >= 0.3 is 0 Å². The molecule has 0 bridgehead atoms. The van der Waals surface area contributed by atoms with Gasteiger partial charge in [0.25, 0.3) is 0 Å². The van der Waals surface area contributed by atoms with Crippen molar-refractivity contribution in [1.82, 2.24) is 4.90 Å². The Bertz CT molecular complexity index is 923. The van der Waals surface area contributed by atoms with Gasteiger partial charge in [-0.05, 0) is 53.8 Å². The van der Waals surface area contributed by atoms with Crippen LogP contribution in [0.25, 0.3) is 0 Å². The molecule has 2 heterocycles. The molecule has 1 fully saturated rings. The number of rotatable bonds is 6. The number of methoxy groups -OCH3 is 2. The summed E-state index contributed by atoms with van der Waals surface area (Å²) < 4.78 is 11.2. The summed E-state index contributed by atoms with van der Waals surface area (Å²) in [5.74, 6) is 1.91. The Morgan fingerprint density at radius 2 is 1.83 bits per heavy atom. The molecule has 0 spiro atoms. The molecular weight excluding hydrogens is 378 g/mol. The Balaban J connectivity index is 1.97. The molecule has 4 rings (SSSR count). The largest absolute Gasteiger partial charge is 0.508 e. The van der Waals surface area contributed by atoms with E-state index in [1.165, 1.54) is 5.56 Å².